The molecule has 0 aliphatic heterocycles. The van der Waals surface area contributed by atoms with E-state index in [9.17, 15) is 0 Å². The molecule has 1 aromatic carbocycles. The van der Waals surface area contributed by atoms with Crippen molar-refractivity contribution in [3.05, 3.63) is 66.9 Å². The van der Waals surface area contributed by atoms with E-state index in [-0.39, 0.29) is 0 Å². The van der Waals surface area contributed by atoms with Crippen LogP contribution >= 0.6 is 0 Å². The van der Waals surface area contributed by atoms with Gasteiger partial charge in [-0.05, 0) is 44.0 Å². The van der Waals surface area contributed by atoms with Crippen LogP contribution in [0.3, 0.4) is 0 Å². The van der Waals surface area contributed by atoms with E-state index in [4.69, 9.17) is 0 Å². The fraction of sp³-hybridized carbons (Fsp3) is 0.300. The highest BCUT2D eigenvalue weighted by Crippen LogP contribution is 2.16. The molecule has 3 rings (SSSR count). The minimum absolute atomic E-state index is 0.990. The molecule has 24 heavy (non-hydrogen) atoms. The summed E-state index contributed by atoms with van der Waals surface area (Å²) >= 11 is 0. The Morgan fingerprint density at radius 1 is 1.00 bits per heavy atom. The zero-order valence-electron chi connectivity index (χ0n) is 14.4. The summed E-state index contributed by atoms with van der Waals surface area (Å²) in [7, 11) is 2.15. The molecule has 0 atom stereocenters. The first-order valence-corrected chi connectivity index (χ1v) is 8.43. The fourth-order valence-electron chi connectivity index (χ4n) is 2.71. The summed E-state index contributed by atoms with van der Waals surface area (Å²) in [5, 5.41) is 0. The van der Waals surface area contributed by atoms with Crippen molar-refractivity contribution in [3.8, 4) is 11.3 Å². The van der Waals surface area contributed by atoms with Gasteiger partial charge >= 0.3 is 0 Å². The SMILES string of the molecule is Cc1ccc(-c2cn(CCCCN(C)c3ccccc3)cn2)cn1. The first kappa shape index (κ1) is 16.2. The third-order valence-corrected chi connectivity index (χ3v) is 4.20. The molecule has 0 aliphatic carbocycles. The molecular weight excluding hydrogens is 296 g/mol. The summed E-state index contributed by atoms with van der Waals surface area (Å²) in [6, 6.07) is 14.6. The summed E-state index contributed by atoms with van der Waals surface area (Å²) in [4.78, 5) is 11.1. The monoisotopic (exact) mass is 320 g/mol. The van der Waals surface area contributed by atoms with Crippen LogP contribution in [0.1, 0.15) is 18.5 Å². The van der Waals surface area contributed by atoms with Crippen LogP contribution in [0, 0.1) is 6.92 Å². The molecule has 0 spiro atoms. The molecule has 124 valence electrons. The van der Waals surface area contributed by atoms with E-state index in [0.717, 1.165) is 42.9 Å². The van der Waals surface area contributed by atoms with Gasteiger partial charge in [-0.25, -0.2) is 4.98 Å². The smallest absolute Gasteiger partial charge is 0.0953 e. The van der Waals surface area contributed by atoms with Crippen molar-refractivity contribution in [1.29, 1.82) is 0 Å². The first-order valence-electron chi connectivity index (χ1n) is 8.43. The lowest BCUT2D eigenvalue weighted by atomic mass is 10.2. The maximum Gasteiger partial charge on any atom is 0.0953 e. The van der Waals surface area contributed by atoms with Crippen LogP contribution < -0.4 is 4.90 Å². The van der Waals surface area contributed by atoms with Crippen LogP contribution in [0.25, 0.3) is 11.3 Å². The summed E-state index contributed by atoms with van der Waals surface area (Å²) in [6.45, 7) is 4.05. The zero-order valence-corrected chi connectivity index (χ0v) is 14.4. The summed E-state index contributed by atoms with van der Waals surface area (Å²) < 4.78 is 2.16. The van der Waals surface area contributed by atoms with Gasteiger partial charge in [0, 0.05) is 49.5 Å². The van der Waals surface area contributed by atoms with Crippen molar-refractivity contribution >= 4 is 5.69 Å². The molecule has 4 nitrogen and oxygen atoms in total. The van der Waals surface area contributed by atoms with Crippen molar-refractivity contribution in [2.45, 2.75) is 26.3 Å². The van der Waals surface area contributed by atoms with Crippen molar-refractivity contribution in [1.82, 2.24) is 14.5 Å². The quantitative estimate of drug-likeness (QED) is 0.613. The predicted octanol–water partition coefficient (Wildman–Crippen LogP) is 4.17. The molecule has 0 fully saturated rings. The minimum atomic E-state index is 0.990. The van der Waals surface area contributed by atoms with Crippen molar-refractivity contribution < 1.29 is 0 Å². The van der Waals surface area contributed by atoms with E-state index in [1.807, 2.05) is 25.5 Å². The summed E-state index contributed by atoms with van der Waals surface area (Å²) in [5.74, 6) is 0. The van der Waals surface area contributed by atoms with Crippen molar-refractivity contribution in [2.75, 3.05) is 18.5 Å². The van der Waals surface area contributed by atoms with Gasteiger partial charge in [0.15, 0.2) is 0 Å². The molecule has 3 aromatic rings. The van der Waals surface area contributed by atoms with E-state index in [1.54, 1.807) is 0 Å². The third-order valence-electron chi connectivity index (χ3n) is 4.20. The van der Waals surface area contributed by atoms with Crippen molar-refractivity contribution in [2.24, 2.45) is 0 Å². The second-order valence-corrected chi connectivity index (χ2v) is 6.15. The number of imidazole rings is 1. The zero-order chi connectivity index (χ0) is 16.8. The number of nitrogens with zero attached hydrogens (tertiary/aromatic N) is 4. The maximum absolute atomic E-state index is 4.49. The topological polar surface area (TPSA) is 34.0 Å². The first-order chi connectivity index (χ1) is 11.7. The van der Waals surface area contributed by atoms with E-state index >= 15 is 0 Å². The van der Waals surface area contributed by atoms with Crippen LogP contribution in [0.4, 0.5) is 5.69 Å². The van der Waals surface area contributed by atoms with Crippen LogP contribution in [-0.4, -0.2) is 28.1 Å². The van der Waals surface area contributed by atoms with Gasteiger partial charge in [0.2, 0.25) is 0 Å². The number of hydrogen-bond acceptors (Lipinski definition) is 3. The van der Waals surface area contributed by atoms with Crippen LogP contribution in [0.15, 0.2) is 61.2 Å². The molecule has 2 aromatic heterocycles. The molecule has 0 aliphatic rings. The number of hydrogen-bond donors (Lipinski definition) is 0. The average molecular weight is 320 g/mol. The lowest BCUT2D eigenvalue weighted by Gasteiger charge is -2.19. The molecule has 0 N–H and O–H groups in total. The number of anilines is 1. The number of rotatable bonds is 7. The summed E-state index contributed by atoms with van der Waals surface area (Å²) in [5.41, 5.74) is 4.36. The normalized spacial score (nSPS) is 10.8. The van der Waals surface area contributed by atoms with Gasteiger partial charge in [-0.1, -0.05) is 18.2 Å². The molecule has 4 heteroatoms. The van der Waals surface area contributed by atoms with Crippen LogP contribution in [0.5, 0.6) is 0 Å². The number of para-hydroxylation sites is 1. The van der Waals surface area contributed by atoms with E-state index in [1.165, 1.54) is 5.69 Å². The molecule has 0 radical (unpaired) electrons. The van der Waals surface area contributed by atoms with Gasteiger partial charge in [-0.15, -0.1) is 0 Å². The highest BCUT2D eigenvalue weighted by molar-refractivity contribution is 5.56. The lowest BCUT2D eigenvalue weighted by molar-refractivity contribution is 0.607. The van der Waals surface area contributed by atoms with Gasteiger partial charge in [0.1, 0.15) is 0 Å². The number of aromatic nitrogens is 3. The van der Waals surface area contributed by atoms with Crippen LogP contribution in [-0.2, 0) is 6.54 Å². The largest absolute Gasteiger partial charge is 0.375 e. The Labute approximate surface area is 143 Å². The molecule has 0 unspecified atom stereocenters. The lowest BCUT2D eigenvalue weighted by Crippen LogP contribution is -2.18. The molecule has 0 saturated carbocycles. The number of unbranched alkanes of at least 4 members (excludes halogenated alkanes) is 1. The molecule has 0 saturated heterocycles. The standard InChI is InChI=1S/C20H24N4/c1-17-10-11-18(14-21-17)20-15-24(16-22-20)13-7-6-12-23(2)19-8-4-3-5-9-19/h3-5,8-11,14-16H,6-7,12-13H2,1-2H3. The highest BCUT2D eigenvalue weighted by atomic mass is 15.1. The van der Waals surface area contributed by atoms with Gasteiger partial charge < -0.3 is 9.47 Å². The molecular formula is C20H24N4. The molecule has 2 heterocycles. The molecule has 0 amide bonds. The second-order valence-electron chi connectivity index (χ2n) is 6.15. The van der Waals surface area contributed by atoms with E-state index in [2.05, 4.69) is 69.1 Å². The molecule has 0 bridgehead atoms. The maximum atomic E-state index is 4.49. The predicted molar refractivity (Wildman–Crippen MR) is 99.1 cm³/mol. The van der Waals surface area contributed by atoms with Gasteiger partial charge in [-0.3, -0.25) is 4.98 Å². The Morgan fingerprint density at radius 3 is 2.58 bits per heavy atom. The fourth-order valence-corrected chi connectivity index (χ4v) is 2.71. The van der Waals surface area contributed by atoms with Gasteiger partial charge in [0.25, 0.3) is 0 Å². The third kappa shape index (κ3) is 4.22. The average Bonchev–Trinajstić information content (AvgIpc) is 3.09. The number of pyridine rings is 1. The number of aryl methyl sites for hydroxylation is 2. The summed E-state index contributed by atoms with van der Waals surface area (Å²) in [6.07, 6.45) is 8.20. The highest BCUT2D eigenvalue weighted by Gasteiger charge is 2.03. The van der Waals surface area contributed by atoms with Gasteiger partial charge in [0.05, 0.1) is 12.0 Å². The Hall–Kier alpha value is -2.62. The van der Waals surface area contributed by atoms with Crippen LogP contribution in [0.2, 0.25) is 0 Å². The van der Waals surface area contributed by atoms with Gasteiger partial charge in [-0.2, -0.15) is 0 Å². The Kier molecular flexibility index (Phi) is 5.26. The Bertz CT molecular complexity index is 747. The van der Waals surface area contributed by atoms with E-state index in [0.29, 0.717) is 0 Å². The van der Waals surface area contributed by atoms with E-state index < -0.39 is 0 Å². The Balaban J connectivity index is 1.47. The second kappa shape index (κ2) is 7.77. The minimum Gasteiger partial charge on any atom is -0.375 e. The Morgan fingerprint density at radius 2 is 1.83 bits per heavy atom. The number of benzene rings is 1. The van der Waals surface area contributed by atoms with Crippen molar-refractivity contribution in [3.63, 3.8) is 0 Å².